The number of hydrogen-bond acceptors (Lipinski definition) is 0. The zero-order valence-electron chi connectivity index (χ0n) is 10.4. The topological polar surface area (TPSA) is 31.6 Å². The van der Waals surface area contributed by atoms with E-state index >= 15 is 0 Å². The highest BCUT2D eigenvalue weighted by atomic mass is 31.1. The van der Waals surface area contributed by atoms with E-state index < -0.39 is 7.92 Å². The summed E-state index contributed by atoms with van der Waals surface area (Å²) in [7, 11) is -0.401. The SMILES string of the molecule is CCC(=CP(c1ccc[nH]1)c1ccc[nH]1)CC. The van der Waals surface area contributed by atoms with Gasteiger partial charge in [0.25, 0.3) is 0 Å². The van der Waals surface area contributed by atoms with Gasteiger partial charge >= 0.3 is 0 Å². The van der Waals surface area contributed by atoms with Crippen LogP contribution >= 0.6 is 7.92 Å². The second-order valence-corrected chi connectivity index (χ2v) is 5.94. The van der Waals surface area contributed by atoms with Gasteiger partial charge in [0, 0.05) is 31.2 Å². The molecule has 2 rings (SSSR count). The summed E-state index contributed by atoms with van der Waals surface area (Å²) in [6, 6.07) is 8.48. The Balaban J connectivity index is 2.35. The lowest BCUT2D eigenvalue weighted by atomic mass is 10.2. The Morgan fingerprint density at radius 3 is 1.94 bits per heavy atom. The Bertz CT molecular complexity index is 414. The maximum Gasteiger partial charge on any atom is 0.0485 e. The molecule has 0 aliphatic heterocycles. The number of rotatable bonds is 5. The predicted molar refractivity (Wildman–Crippen MR) is 76.4 cm³/mol. The van der Waals surface area contributed by atoms with Gasteiger partial charge in [-0.05, 0) is 42.9 Å². The molecule has 2 N–H and O–H groups in total. The van der Waals surface area contributed by atoms with Crippen molar-refractivity contribution in [2.24, 2.45) is 0 Å². The molecule has 2 aromatic heterocycles. The van der Waals surface area contributed by atoms with Gasteiger partial charge in [-0.25, -0.2) is 0 Å². The number of hydrogen-bond donors (Lipinski definition) is 2. The Morgan fingerprint density at radius 2 is 1.59 bits per heavy atom. The molecule has 90 valence electrons. The molecule has 0 amide bonds. The molecular weight excluding hydrogens is 227 g/mol. The van der Waals surface area contributed by atoms with Crippen LogP contribution < -0.4 is 10.9 Å². The van der Waals surface area contributed by atoms with E-state index in [1.165, 1.54) is 16.4 Å². The quantitative estimate of drug-likeness (QED) is 0.757. The molecule has 0 saturated heterocycles. The standard InChI is InChI=1S/C14H19N2P/c1-3-12(4-2)11-17(13-7-5-9-15-13)14-8-6-10-16-14/h5-11,15-16H,3-4H2,1-2H3. The Hall–Kier alpha value is -1.27. The van der Waals surface area contributed by atoms with E-state index in [4.69, 9.17) is 0 Å². The highest BCUT2D eigenvalue weighted by molar-refractivity contribution is 7.75. The number of nitrogens with one attached hydrogen (secondary N) is 2. The zero-order valence-corrected chi connectivity index (χ0v) is 11.3. The van der Waals surface area contributed by atoms with Crippen molar-refractivity contribution in [3.05, 3.63) is 48.0 Å². The molecule has 0 unspecified atom stereocenters. The largest absolute Gasteiger partial charge is 0.361 e. The number of aromatic amines is 2. The molecule has 0 atom stereocenters. The van der Waals surface area contributed by atoms with Gasteiger partial charge in [0.15, 0.2) is 0 Å². The van der Waals surface area contributed by atoms with Gasteiger partial charge in [0.1, 0.15) is 0 Å². The van der Waals surface area contributed by atoms with Crippen molar-refractivity contribution >= 4 is 18.8 Å². The molecule has 2 aromatic rings. The minimum atomic E-state index is -0.401. The molecule has 3 heteroatoms. The van der Waals surface area contributed by atoms with Crippen LogP contribution in [0.15, 0.2) is 48.0 Å². The summed E-state index contributed by atoms with van der Waals surface area (Å²) < 4.78 is 0. The third-order valence-electron chi connectivity index (χ3n) is 2.90. The Morgan fingerprint density at radius 1 is 1.06 bits per heavy atom. The highest BCUT2D eigenvalue weighted by Crippen LogP contribution is 2.36. The first-order chi connectivity index (χ1) is 8.35. The zero-order chi connectivity index (χ0) is 12.1. The van der Waals surface area contributed by atoms with Crippen molar-refractivity contribution in [1.82, 2.24) is 9.97 Å². The first-order valence-corrected chi connectivity index (χ1v) is 7.51. The molecule has 2 nitrogen and oxygen atoms in total. The molecule has 0 bridgehead atoms. The van der Waals surface area contributed by atoms with Crippen LogP contribution in [0.3, 0.4) is 0 Å². The van der Waals surface area contributed by atoms with Gasteiger partial charge in [-0.2, -0.15) is 0 Å². The third kappa shape index (κ3) is 2.89. The lowest BCUT2D eigenvalue weighted by Crippen LogP contribution is -2.11. The monoisotopic (exact) mass is 246 g/mol. The first kappa shape index (κ1) is 12.2. The molecule has 2 heterocycles. The van der Waals surface area contributed by atoms with Gasteiger partial charge in [-0.1, -0.05) is 19.4 Å². The second-order valence-electron chi connectivity index (χ2n) is 3.98. The van der Waals surface area contributed by atoms with Crippen LogP contribution in [-0.2, 0) is 0 Å². The van der Waals surface area contributed by atoms with E-state index in [1.807, 2.05) is 12.4 Å². The molecule has 0 aromatic carbocycles. The fraction of sp³-hybridized carbons (Fsp3) is 0.286. The van der Waals surface area contributed by atoms with Gasteiger partial charge in [-0.15, -0.1) is 0 Å². The predicted octanol–water partition coefficient (Wildman–Crippen LogP) is 3.48. The van der Waals surface area contributed by atoms with Crippen molar-refractivity contribution in [3.63, 3.8) is 0 Å². The summed E-state index contributed by atoms with van der Waals surface area (Å²) in [5.41, 5.74) is 4.14. The van der Waals surface area contributed by atoms with Crippen LogP contribution in [0.2, 0.25) is 0 Å². The number of H-pyrrole nitrogens is 2. The van der Waals surface area contributed by atoms with Crippen LogP contribution in [0.25, 0.3) is 0 Å². The second kappa shape index (κ2) is 5.88. The molecule has 0 saturated carbocycles. The van der Waals surface area contributed by atoms with E-state index in [0.29, 0.717) is 0 Å². The van der Waals surface area contributed by atoms with E-state index in [0.717, 1.165) is 12.8 Å². The Kier molecular flexibility index (Phi) is 4.22. The molecule has 0 aliphatic rings. The summed E-state index contributed by atoms with van der Waals surface area (Å²) in [5.74, 6) is 2.44. The van der Waals surface area contributed by atoms with Gasteiger partial charge < -0.3 is 9.97 Å². The molecule has 0 fully saturated rings. The smallest absolute Gasteiger partial charge is 0.0485 e. The van der Waals surface area contributed by atoms with Crippen molar-refractivity contribution in [1.29, 1.82) is 0 Å². The summed E-state index contributed by atoms with van der Waals surface area (Å²) in [6.07, 6.45) is 6.27. The van der Waals surface area contributed by atoms with Crippen molar-refractivity contribution in [2.75, 3.05) is 0 Å². The number of allylic oxidation sites excluding steroid dienone is 1. The summed E-state index contributed by atoms with van der Waals surface area (Å²) in [5, 5.41) is 0. The average Bonchev–Trinajstić information content (AvgIpc) is 3.03. The van der Waals surface area contributed by atoms with Crippen molar-refractivity contribution in [2.45, 2.75) is 26.7 Å². The summed E-state index contributed by atoms with van der Waals surface area (Å²) in [6.45, 7) is 4.46. The maximum absolute atomic E-state index is 3.34. The minimum Gasteiger partial charge on any atom is -0.361 e. The van der Waals surface area contributed by atoms with Crippen LogP contribution in [0, 0.1) is 0 Å². The number of aromatic nitrogens is 2. The third-order valence-corrected chi connectivity index (χ3v) is 5.12. The summed E-state index contributed by atoms with van der Waals surface area (Å²) >= 11 is 0. The van der Waals surface area contributed by atoms with Crippen molar-refractivity contribution < 1.29 is 0 Å². The lowest BCUT2D eigenvalue weighted by molar-refractivity contribution is 0.983. The highest BCUT2D eigenvalue weighted by Gasteiger charge is 2.13. The van der Waals surface area contributed by atoms with Gasteiger partial charge in [0.05, 0.1) is 0 Å². The average molecular weight is 246 g/mol. The van der Waals surface area contributed by atoms with Gasteiger partial charge in [-0.3, -0.25) is 0 Å². The Labute approximate surface area is 104 Å². The van der Waals surface area contributed by atoms with Crippen LogP contribution in [0.5, 0.6) is 0 Å². The molecule has 0 radical (unpaired) electrons. The fourth-order valence-electron chi connectivity index (χ4n) is 1.83. The fourth-order valence-corrected chi connectivity index (χ4v) is 4.01. The van der Waals surface area contributed by atoms with E-state index in [1.54, 1.807) is 0 Å². The van der Waals surface area contributed by atoms with Crippen LogP contribution in [-0.4, -0.2) is 9.97 Å². The van der Waals surface area contributed by atoms with Crippen LogP contribution in [0.4, 0.5) is 0 Å². The minimum absolute atomic E-state index is 0.401. The molecule has 17 heavy (non-hydrogen) atoms. The van der Waals surface area contributed by atoms with E-state index in [2.05, 4.69) is 53.9 Å². The molecule has 0 aliphatic carbocycles. The first-order valence-electron chi connectivity index (χ1n) is 6.10. The van der Waals surface area contributed by atoms with E-state index in [9.17, 15) is 0 Å². The molecular formula is C14H19N2P. The maximum atomic E-state index is 3.34. The summed E-state index contributed by atoms with van der Waals surface area (Å²) in [4.78, 5) is 6.69. The normalized spacial score (nSPS) is 10.8. The van der Waals surface area contributed by atoms with Crippen LogP contribution in [0.1, 0.15) is 26.7 Å². The molecule has 0 spiro atoms. The van der Waals surface area contributed by atoms with Gasteiger partial charge in [0.2, 0.25) is 0 Å². The van der Waals surface area contributed by atoms with E-state index in [-0.39, 0.29) is 0 Å². The lowest BCUT2D eigenvalue weighted by Gasteiger charge is -2.12. The van der Waals surface area contributed by atoms with Crippen molar-refractivity contribution in [3.8, 4) is 0 Å².